The second-order valence-electron chi connectivity index (χ2n) is 1.22. The van der Waals surface area contributed by atoms with Crippen LogP contribution in [0.15, 0.2) is 0 Å². The molecule has 1 radical (unpaired) electrons. The Bertz CT molecular complexity index is 77.3. The average Bonchev–Trinajstić information content (AvgIpc) is 1.35. The van der Waals surface area contributed by atoms with E-state index < -0.39 is 0 Å². The van der Waals surface area contributed by atoms with Crippen molar-refractivity contribution in [2.75, 3.05) is 0 Å². The standard InChI is InChI=1S/C4H6ClSi/c1-6(2)4-3-5/h1-2H3. The van der Waals surface area contributed by atoms with Crippen LogP contribution in [-0.4, -0.2) is 8.80 Å². The van der Waals surface area contributed by atoms with Crippen molar-refractivity contribution in [1.29, 1.82) is 0 Å². The van der Waals surface area contributed by atoms with Gasteiger partial charge in [0.1, 0.15) is 8.80 Å². The van der Waals surface area contributed by atoms with Gasteiger partial charge in [-0.2, -0.15) is 0 Å². The van der Waals surface area contributed by atoms with Crippen LogP contribution in [0.1, 0.15) is 0 Å². The maximum Gasteiger partial charge on any atom is 0.139 e. The zero-order valence-electron chi connectivity index (χ0n) is 3.88. The van der Waals surface area contributed by atoms with Crippen LogP contribution in [0.3, 0.4) is 0 Å². The Balaban J connectivity index is 3.20. The van der Waals surface area contributed by atoms with Crippen LogP contribution < -0.4 is 0 Å². The van der Waals surface area contributed by atoms with Gasteiger partial charge in [-0.15, -0.1) is 5.54 Å². The molecule has 0 aromatic carbocycles. The number of hydrogen-bond donors (Lipinski definition) is 0. The van der Waals surface area contributed by atoms with Crippen molar-refractivity contribution in [3.8, 4) is 10.9 Å². The Morgan fingerprint density at radius 2 is 2.00 bits per heavy atom. The van der Waals surface area contributed by atoms with Crippen LogP contribution in [0, 0.1) is 10.9 Å². The highest BCUT2D eigenvalue weighted by atomic mass is 35.5. The summed E-state index contributed by atoms with van der Waals surface area (Å²) in [6, 6.07) is 0. The SMILES string of the molecule is C[Si](C)C#CCl. The van der Waals surface area contributed by atoms with Gasteiger partial charge in [0, 0.05) is 0 Å². The van der Waals surface area contributed by atoms with E-state index >= 15 is 0 Å². The lowest BCUT2D eigenvalue weighted by Gasteiger charge is -1.76. The highest BCUT2D eigenvalue weighted by molar-refractivity contribution is 6.65. The average molecular weight is 118 g/mol. The Morgan fingerprint density at radius 1 is 1.50 bits per heavy atom. The summed E-state index contributed by atoms with van der Waals surface area (Å²) in [5, 5.41) is 2.33. The summed E-state index contributed by atoms with van der Waals surface area (Å²) < 4.78 is 0. The summed E-state index contributed by atoms with van der Waals surface area (Å²) in [6.45, 7) is 4.19. The van der Waals surface area contributed by atoms with E-state index in [9.17, 15) is 0 Å². The van der Waals surface area contributed by atoms with E-state index in [1.54, 1.807) is 0 Å². The highest BCUT2D eigenvalue weighted by Gasteiger charge is 1.81. The quantitative estimate of drug-likeness (QED) is 0.333. The Kier molecular flexibility index (Phi) is 3.30. The molecule has 0 aliphatic carbocycles. The minimum atomic E-state index is -0.379. The molecule has 0 N–H and O–H groups in total. The van der Waals surface area contributed by atoms with Gasteiger partial charge in [-0.1, -0.05) is 13.1 Å². The molecular weight excluding hydrogens is 112 g/mol. The van der Waals surface area contributed by atoms with Crippen molar-refractivity contribution in [1.82, 2.24) is 0 Å². The van der Waals surface area contributed by atoms with Crippen LogP contribution >= 0.6 is 11.6 Å². The van der Waals surface area contributed by atoms with Gasteiger partial charge < -0.3 is 0 Å². The fourth-order valence-corrected chi connectivity index (χ4v) is 0.850. The molecule has 0 atom stereocenters. The summed E-state index contributed by atoms with van der Waals surface area (Å²) in [6.07, 6.45) is 0. The first-order valence-corrected chi connectivity index (χ1v) is 4.57. The summed E-state index contributed by atoms with van der Waals surface area (Å²) in [5.41, 5.74) is 2.83. The van der Waals surface area contributed by atoms with Crippen LogP contribution in [-0.2, 0) is 0 Å². The van der Waals surface area contributed by atoms with Crippen LogP contribution in [0.4, 0.5) is 0 Å². The minimum absolute atomic E-state index is 0.379. The number of rotatable bonds is 0. The second-order valence-corrected chi connectivity index (χ2v) is 3.66. The molecule has 0 spiro atoms. The molecular formula is C4H6ClSi. The van der Waals surface area contributed by atoms with Crippen LogP contribution in [0.2, 0.25) is 13.1 Å². The monoisotopic (exact) mass is 117 g/mol. The molecule has 0 nitrogen and oxygen atoms in total. The van der Waals surface area contributed by atoms with Gasteiger partial charge in [0.15, 0.2) is 0 Å². The van der Waals surface area contributed by atoms with Gasteiger partial charge in [0.2, 0.25) is 0 Å². The summed E-state index contributed by atoms with van der Waals surface area (Å²) in [4.78, 5) is 0. The first-order valence-electron chi connectivity index (χ1n) is 1.69. The molecule has 6 heavy (non-hydrogen) atoms. The first kappa shape index (κ1) is 6.07. The molecule has 0 bridgehead atoms. The van der Waals surface area contributed by atoms with E-state index in [1.807, 2.05) is 0 Å². The molecule has 0 amide bonds. The van der Waals surface area contributed by atoms with E-state index in [2.05, 4.69) is 24.0 Å². The molecule has 0 unspecified atom stereocenters. The van der Waals surface area contributed by atoms with Crippen molar-refractivity contribution in [3.05, 3.63) is 0 Å². The second kappa shape index (κ2) is 3.26. The lowest BCUT2D eigenvalue weighted by molar-refractivity contribution is 2.05. The molecule has 0 fully saturated rings. The zero-order chi connectivity index (χ0) is 4.99. The Hall–Kier alpha value is 0.0669. The predicted octanol–water partition coefficient (Wildman–Crippen LogP) is 1.48. The number of halogens is 1. The van der Waals surface area contributed by atoms with E-state index in [0.29, 0.717) is 0 Å². The van der Waals surface area contributed by atoms with E-state index in [0.717, 1.165) is 0 Å². The van der Waals surface area contributed by atoms with Crippen LogP contribution in [0.25, 0.3) is 0 Å². The maximum atomic E-state index is 5.06. The summed E-state index contributed by atoms with van der Waals surface area (Å²) >= 11 is 5.06. The van der Waals surface area contributed by atoms with Crippen molar-refractivity contribution in [3.63, 3.8) is 0 Å². The number of hydrogen-bond acceptors (Lipinski definition) is 0. The molecule has 0 saturated heterocycles. The van der Waals surface area contributed by atoms with E-state index in [1.165, 1.54) is 0 Å². The van der Waals surface area contributed by atoms with Crippen molar-refractivity contribution >= 4 is 20.4 Å². The highest BCUT2D eigenvalue weighted by Crippen LogP contribution is 1.73. The van der Waals surface area contributed by atoms with Crippen molar-refractivity contribution in [2.24, 2.45) is 0 Å². The largest absolute Gasteiger partial charge is 0.139 e. The fourth-order valence-electron chi connectivity index (χ4n) is 0.0945. The molecule has 0 heterocycles. The van der Waals surface area contributed by atoms with Crippen LogP contribution in [0.5, 0.6) is 0 Å². The summed E-state index contributed by atoms with van der Waals surface area (Å²) in [7, 11) is -0.379. The third kappa shape index (κ3) is 4.07. The molecule has 0 rings (SSSR count). The third-order valence-corrected chi connectivity index (χ3v) is 1.18. The van der Waals surface area contributed by atoms with E-state index in [-0.39, 0.29) is 8.80 Å². The van der Waals surface area contributed by atoms with Crippen molar-refractivity contribution in [2.45, 2.75) is 13.1 Å². The van der Waals surface area contributed by atoms with Gasteiger partial charge in [-0.25, -0.2) is 0 Å². The Labute approximate surface area is 45.1 Å². The first-order chi connectivity index (χ1) is 2.77. The Morgan fingerprint density at radius 3 is 2.00 bits per heavy atom. The lowest BCUT2D eigenvalue weighted by Crippen LogP contribution is -1.91. The molecule has 0 aromatic heterocycles. The molecule has 0 aromatic rings. The minimum Gasteiger partial charge on any atom is -0.117 e. The molecule has 2 heteroatoms. The molecule has 33 valence electrons. The summed E-state index contributed by atoms with van der Waals surface area (Å²) in [5.74, 6) is 0. The maximum absolute atomic E-state index is 5.06. The van der Waals surface area contributed by atoms with E-state index in [4.69, 9.17) is 11.6 Å². The van der Waals surface area contributed by atoms with Crippen molar-refractivity contribution < 1.29 is 0 Å². The zero-order valence-corrected chi connectivity index (χ0v) is 5.63. The van der Waals surface area contributed by atoms with Gasteiger partial charge in [0.05, 0.1) is 0 Å². The third-order valence-electron chi connectivity index (χ3n) is 0.297. The lowest BCUT2D eigenvalue weighted by atomic mass is 11.4. The normalized spacial score (nSPS) is 7.33. The molecule has 0 aliphatic rings. The topological polar surface area (TPSA) is 0 Å². The van der Waals surface area contributed by atoms with Gasteiger partial charge in [0.25, 0.3) is 0 Å². The smallest absolute Gasteiger partial charge is 0.117 e. The molecule has 0 saturated carbocycles. The predicted molar refractivity (Wildman–Crippen MR) is 31.1 cm³/mol. The van der Waals surface area contributed by atoms with Gasteiger partial charge in [-0.3, -0.25) is 0 Å². The fraction of sp³-hybridized carbons (Fsp3) is 0.500. The van der Waals surface area contributed by atoms with Gasteiger partial charge >= 0.3 is 0 Å². The molecule has 0 aliphatic heterocycles. The van der Waals surface area contributed by atoms with Gasteiger partial charge in [-0.05, 0) is 17.0 Å².